The van der Waals surface area contributed by atoms with E-state index in [0.717, 1.165) is 36.4 Å². The minimum Gasteiger partial charge on any atom is -0.214 e. The van der Waals surface area contributed by atoms with Gasteiger partial charge in [0.15, 0.2) is 0 Å². The second-order valence-electron chi connectivity index (χ2n) is 11.5. The molecule has 0 fully saturated rings. The third-order valence-electron chi connectivity index (χ3n) is 6.37. The number of hydrogen-bond acceptors (Lipinski definition) is 0. The number of fused-ring (bicyclic) bond motifs is 3. The fraction of sp³-hybridized carbons (Fsp3) is 0.265. The number of halogens is 3. The molecule has 0 aliphatic rings. The van der Waals surface area contributed by atoms with E-state index in [0.29, 0.717) is 5.56 Å². The molecule has 38 heavy (non-hydrogen) atoms. The van der Waals surface area contributed by atoms with Gasteiger partial charge < -0.3 is 0 Å². The van der Waals surface area contributed by atoms with E-state index >= 15 is 0 Å². The summed E-state index contributed by atoms with van der Waals surface area (Å²) in [5.41, 5.74) is 3.26. The monoisotopic (exact) mass is 590 g/mol. The van der Waals surface area contributed by atoms with Crippen LogP contribution in [-0.2, 0) is 41.2 Å². The van der Waals surface area contributed by atoms with Gasteiger partial charge in [-0.2, -0.15) is 18.2 Å². The van der Waals surface area contributed by atoms with E-state index in [1.807, 2.05) is 30.3 Å². The predicted molar refractivity (Wildman–Crippen MR) is 153 cm³/mol. The Morgan fingerprint density at radius 1 is 0.632 bits per heavy atom. The Morgan fingerprint density at radius 2 is 1.13 bits per heavy atom. The molecule has 0 unspecified atom stereocenters. The minimum absolute atomic E-state index is 0.203. The molecule has 0 saturated carbocycles. The summed E-state index contributed by atoms with van der Waals surface area (Å²) in [5.74, 6) is 0. The smallest absolute Gasteiger partial charge is 0.172 e. The SMILES string of the molecule is CC(C)(C)c1ccc2c(c1)[cH-]c1cc(C(C)(C)C)ccc12.FC(F)(F)c1cccc([CH]=[Zr+2])c1.c1cc[cH-]c1. The van der Waals surface area contributed by atoms with E-state index in [4.69, 9.17) is 0 Å². The van der Waals surface area contributed by atoms with Crippen LogP contribution in [0.2, 0.25) is 0 Å². The van der Waals surface area contributed by atoms with Gasteiger partial charge in [-0.15, -0.1) is 39.7 Å². The number of benzene rings is 3. The molecule has 0 spiro atoms. The zero-order valence-corrected chi connectivity index (χ0v) is 25.4. The summed E-state index contributed by atoms with van der Waals surface area (Å²) in [7, 11) is 0. The average Bonchev–Trinajstić information content (AvgIpc) is 3.54. The van der Waals surface area contributed by atoms with Crippen LogP contribution in [-0.4, -0.2) is 3.71 Å². The van der Waals surface area contributed by atoms with E-state index in [2.05, 4.69) is 84.0 Å². The first-order valence-corrected chi connectivity index (χ1v) is 14.1. The first kappa shape index (κ1) is 30.0. The summed E-state index contributed by atoms with van der Waals surface area (Å²) < 4.78 is 38.0. The Kier molecular flexibility index (Phi) is 9.53. The maximum atomic E-state index is 12.1. The fourth-order valence-corrected chi connectivity index (χ4v) is 4.52. The van der Waals surface area contributed by atoms with Crippen molar-refractivity contribution in [2.24, 2.45) is 0 Å². The Hall–Kier alpha value is -2.58. The van der Waals surface area contributed by atoms with Crippen LogP contribution >= 0.6 is 0 Å². The van der Waals surface area contributed by atoms with Crippen LogP contribution < -0.4 is 0 Å². The van der Waals surface area contributed by atoms with E-state index in [1.165, 1.54) is 38.7 Å². The molecule has 0 aliphatic heterocycles. The Bertz CT molecular complexity index is 1390. The van der Waals surface area contributed by atoms with Crippen molar-refractivity contribution in [2.45, 2.75) is 58.5 Å². The molecule has 0 bridgehead atoms. The summed E-state index contributed by atoms with van der Waals surface area (Å²) in [5, 5.41) is 5.48. The van der Waals surface area contributed by atoms with Crippen molar-refractivity contribution in [3.8, 4) is 0 Å². The van der Waals surface area contributed by atoms with E-state index in [1.54, 1.807) is 9.78 Å². The maximum Gasteiger partial charge on any atom is -0.172 e. The zero-order chi connectivity index (χ0) is 28.1. The molecular weight excluding hydrogens is 557 g/mol. The third-order valence-corrected chi connectivity index (χ3v) is 7.19. The molecule has 0 nitrogen and oxygen atoms in total. The van der Waals surface area contributed by atoms with Crippen LogP contribution in [0.15, 0.2) is 97.1 Å². The van der Waals surface area contributed by atoms with Gasteiger partial charge in [0, 0.05) is 0 Å². The molecule has 5 aromatic rings. The van der Waals surface area contributed by atoms with Gasteiger partial charge in [0.25, 0.3) is 0 Å². The molecular formula is C34H35F3Zr. The molecule has 0 radical (unpaired) electrons. The number of hydrogen-bond donors (Lipinski definition) is 0. The topological polar surface area (TPSA) is 0 Å². The van der Waals surface area contributed by atoms with Crippen LogP contribution in [0.3, 0.4) is 0 Å². The van der Waals surface area contributed by atoms with Crippen LogP contribution in [0.1, 0.15) is 63.8 Å². The number of rotatable bonds is 1. The van der Waals surface area contributed by atoms with Crippen molar-refractivity contribution in [3.63, 3.8) is 0 Å². The predicted octanol–water partition coefficient (Wildman–Crippen LogP) is 10.1. The van der Waals surface area contributed by atoms with Gasteiger partial charge in [0.05, 0.1) is 0 Å². The Balaban J connectivity index is 0.000000197. The molecule has 0 amide bonds. The average molecular weight is 592 g/mol. The van der Waals surface area contributed by atoms with Gasteiger partial charge in [-0.05, 0) is 10.8 Å². The minimum atomic E-state index is -4.23. The molecule has 0 aromatic heterocycles. The Morgan fingerprint density at radius 3 is 1.50 bits per heavy atom. The van der Waals surface area contributed by atoms with Gasteiger partial charge in [-0.3, -0.25) is 0 Å². The summed E-state index contributed by atoms with van der Waals surface area (Å²) in [4.78, 5) is 0. The van der Waals surface area contributed by atoms with Crippen LogP contribution in [0.5, 0.6) is 0 Å². The third kappa shape index (κ3) is 7.96. The largest absolute Gasteiger partial charge is 0.214 e. The fourth-order valence-electron chi connectivity index (χ4n) is 4.08. The van der Waals surface area contributed by atoms with Gasteiger partial charge in [-0.25, -0.2) is 12.1 Å². The molecule has 5 aromatic carbocycles. The first-order valence-electron chi connectivity index (χ1n) is 12.7. The molecule has 0 saturated heterocycles. The van der Waals surface area contributed by atoms with Crippen LogP contribution in [0.25, 0.3) is 21.5 Å². The Labute approximate surface area is 239 Å². The molecule has 0 atom stereocenters. The molecule has 4 heteroatoms. The standard InChI is InChI=1S/C21H25.C8H5F3.C5H5.Zr/c1-20(2,3)16-7-9-18-14(12-16)11-15-13-17(21(4,5)6)8-10-19(15)18;1-6-3-2-4-7(5-6)8(9,10)11;1-2-4-5-3-1;/h7-13H,1-6H3;1-5H;1-5H;/q-1;;-1;+2. The van der Waals surface area contributed by atoms with E-state index in [9.17, 15) is 13.2 Å². The second-order valence-corrected chi connectivity index (χ2v) is 12.2. The second kappa shape index (κ2) is 12.1. The van der Waals surface area contributed by atoms with Gasteiger partial charge >= 0.3 is 82.7 Å². The first-order chi connectivity index (χ1) is 17.7. The maximum absolute atomic E-state index is 12.1. The molecule has 196 valence electrons. The summed E-state index contributed by atoms with van der Waals surface area (Å²) in [6.45, 7) is 13.6. The number of alkyl halides is 3. The van der Waals surface area contributed by atoms with E-state index < -0.39 is 11.7 Å². The van der Waals surface area contributed by atoms with Crippen molar-refractivity contribution in [3.05, 3.63) is 119 Å². The van der Waals surface area contributed by atoms with Crippen LogP contribution in [0.4, 0.5) is 13.2 Å². The van der Waals surface area contributed by atoms with Crippen molar-refractivity contribution >= 4 is 25.3 Å². The summed E-state index contributed by atoms with van der Waals surface area (Å²) in [6, 6.07) is 31.5. The molecule has 5 rings (SSSR count). The van der Waals surface area contributed by atoms with E-state index in [-0.39, 0.29) is 10.8 Å². The van der Waals surface area contributed by atoms with Gasteiger partial charge in [-0.1, -0.05) is 76.9 Å². The molecule has 0 heterocycles. The van der Waals surface area contributed by atoms with Gasteiger partial charge in [0.1, 0.15) is 0 Å². The molecule has 0 N–H and O–H groups in total. The van der Waals surface area contributed by atoms with Crippen molar-refractivity contribution in [1.29, 1.82) is 0 Å². The van der Waals surface area contributed by atoms with Gasteiger partial charge in [0.2, 0.25) is 0 Å². The van der Waals surface area contributed by atoms with Crippen molar-refractivity contribution in [2.75, 3.05) is 0 Å². The van der Waals surface area contributed by atoms with Crippen LogP contribution in [0, 0.1) is 0 Å². The summed E-state index contributed by atoms with van der Waals surface area (Å²) >= 11 is 1.10. The summed E-state index contributed by atoms with van der Waals surface area (Å²) in [6.07, 6.45) is -4.23. The van der Waals surface area contributed by atoms with Crippen molar-refractivity contribution < 1.29 is 37.4 Å². The normalized spacial score (nSPS) is 12.0. The van der Waals surface area contributed by atoms with Crippen molar-refractivity contribution in [1.82, 2.24) is 0 Å². The quantitative estimate of drug-likeness (QED) is 0.170. The molecule has 0 aliphatic carbocycles. The zero-order valence-electron chi connectivity index (χ0n) is 22.9.